The Bertz CT molecular complexity index is 345. The number of rotatable bonds is 16. The van der Waals surface area contributed by atoms with E-state index in [4.69, 9.17) is 5.11 Å². The molecule has 1 N–H and O–H groups in total. The minimum atomic E-state index is -0.854. The average molecular weight is 374 g/mol. The molecule has 0 aromatic carbocycles. The Morgan fingerprint density at radius 3 is 1.72 bits per heavy atom. The maximum Gasteiger partial charge on any atom is 0.313 e. The Hall–Kier alpha value is -0.710. The topological polar surface area (TPSA) is 57.6 Å². The predicted molar refractivity (Wildman–Crippen MR) is 108 cm³/mol. The SMILES string of the molecule is CCCCC(CC)CN(CC(CC)CCCC)C(=O)CSCC(=O)O. The summed E-state index contributed by atoms with van der Waals surface area (Å²) in [5.74, 6) is 0.638. The van der Waals surface area contributed by atoms with Crippen LogP contribution in [0.3, 0.4) is 0 Å². The first-order valence-electron chi connectivity index (χ1n) is 10.1. The van der Waals surface area contributed by atoms with Gasteiger partial charge in [0.15, 0.2) is 0 Å². The predicted octanol–water partition coefficient (Wildman–Crippen LogP) is 5.07. The van der Waals surface area contributed by atoms with Crippen molar-refractivity contribution in [2.75, 3.05) is 24.6 Å². The van der Waals surface area contributed by atoms with Crippen LogP contribution in [0.5, 0.6) is 0 Å². The van der Waals surface area contributed by atoms with E-state index in [9.17, 15) is 9.59 Å². The van der Waals surface area contributed by atoms with Crippen molar-refractivity contribution in [2.24, 2.45) is 11.8 Å². The number of carboxylic acids is 1. The Balaban J connectivity index is 4.81. The van der Waals surface area contributed by atoms with Crippen molar-refractivity contribution in [1.29, 1.82) is 0 Å². The summed E-state index contributed by atoms with van der Waals surface area (Å²) >= 11 is 1.21. The summed E-state index contributed by atoms with van der Waals surface area (Å²) in [4.78, 5) is 25.4. The molecule has 5 heteroatoms. The van der Waals surface area contributed by atoms with Gasteiger partial charge in [-0.3, -0.25) is 9.59 Å². The van der Waals surface area contributed by atoms with Crippen LogP contribution in [-0.4, -0.2) is 46.5 Å². The number of aliphatic carboxylic acids is 1. The number of hydrogen-bond donors (Lipinski definition) is 1. The van der Waals surface area contributed by atoms with Crippen LogP contribution in [0.1, 0.15) is 79.1 Å². The highest BCUT2D eigenvalue weighted by Gasteiger charge is 2.21. The van der Waals surface area contributed by atoms with Crippen LogP contribution in [0, 0.1) is 11.8 Å². The number of nitrogens with zero attached hydrogens (tertiary/aromatic N) is 1. The lowest BCUT2D eigenvalue weighted by Gasteiger charge is -2.30. The molecule has 4 nitrogen and oxygen atoms in total. The van der Waals surface area contributed by atoms with Crippen LogP contribution in [-0.2, 0) is 9.59 Å². The third-order valence-electron chi connectivity index (χ3n) is 4.85. The molecule has 0 aliphatic heterocycles. The molecule has 0 saturated heterocycles. The zero-order chi connectivity index (χ0) is 19.1. The van der Waals surface area contributed by atoms with E-state index in [2.05, 4.69) is 27.7 Å². The van der Waals surface area contributed by atoms with Crippen LogP contribution >= 0.6 is 11.8 Å². The molecule has 0 aromatic rings. The molecular weight excluding hydrogens is 334 g/mol. The van der Waals surface area contributed by atoms with Gasteiger partial charge in [0, 0.05) is 13.1 Å². The van der Waals surface area contributed by atoms with Gasteiger partial charge in [-0.25, -0.2) is 0 Å². The van der Waals surface area contributed by atoms with Gasteiger partial charge in [0.05, 0.1) is 11.5 Å². The normalized spacial score (nSPS) is 13.4. The molecule has 0 aromatic heterocycles. The summed E-state index contributed by atoms with van der Waals surface area (Å²) < 4.78 is 0. The third kappa shape index (κ3) is 12.3. The molecule has 2 unspecified atom stereocenters. The summed E-state index contributed by atoms with van der Waals surface area (Å²) in [5, 5.41) is 8.78. The number of thioether (sulfide) groups is 1. The van der Waals surface area contributed by atoms with Crippen LogP contribution in [0.15, 0.2) is 0 Å². The van der Waals surface area contributed by atoms with Gasteiger partial charge < -0.3 is 10.0 Å². The van der Waals surface area contributed by atoms with Crippen LogP contribution in [0.4, 0.5) is 0 Å². The molecule has 0 heterocycles. The van der Waals surface area contributed by atoms with E-state index >= 15 is 0 Å². The molecule has 148 valence electrons. The summed E-state index contributed by atoms with van der Waals surface area (Å²) in [7, 11) is 0. The molecule has 0 aliphatic rings. The first-order chi connectivity index (χ1) is 12.0. The monoisotopic (exact) mass is 373 g/mol. The van der Waals surface area contributed by atoms with Crippen molar-refractivity contribution >= 4 is 23.6 Å². The van der Waals surface area contributed by atoms with Gasteiger partial charge in [-0.1, -0.05) is 66.2 Å². The van der Waals surface area contributed by atoms with E-state index in [1.165, 1.54) is 50.3 Å². The van der Waals surface area contributed by atoms with Crippen LogP contribution in [0.25, 0.3) is 0 Å². The van der Waals surface area contributed by atoms with E-state index in [1.54, 1.807) is 0 Å². The molecule has 25 heavy (non-hydrogen) atoms. The van der Waals surface area contributed by atoms with Crippen molar-refractivity contribution in [3.05, 3.63) is 0 Å². The highest BCUT2D eigenvalue weighted by molar-refractivity contribution is 8.00. The minimum Gasteiger partial charge on any atom is -0.481 e. The Labute approximate surface area is 159 Å². The fourth-order valence-corrected chi connectivity index (χ4v) is 3.69. The van der Waals surface area contributed by atoms with Gasteiger partial charge >= 0.3 is 5.97 Å². The van der Waals surface area contributed by atoms with Gasteiger partial charge in [-0.2, -0.15) is 0 Å². The molecule has 0 radical (unpaired) electrons. The van der Waals surface area contributed by atoms with Gasteiger partial charge in [-0.05, 0) is 24.7 Å². The molecular formula is C20H39NO3S. The van der Waals surface area contributed by atoms with Crippen molar-refractivity contribution < 1.29 is 14.7 Å². The quantitative estimate of drug-likeness (QED) is 0.410. The van der Waals surface area contributed by atoms with Crippen molar-refractivity contribution in [1.82, 2.24) is 4.90 Å². The number of carbonyl (C=O) groups is 2. The van der Waals surface area contributed by atoms with Gasteiger partial charge in [-0.15, -0.1) is 11.8 Å². The zero-order valence-corrected chi connectivity index (χ0v) is 17.6. The lowest BCUT2D eigenvalue weighted by molar-refractivity contribution is -0.133. The molecule has 0 spiro atoms. The van der Waals surface area contributed by atoms with E-state index in [-0.39, 0.29) is 17.4 Å². The van der Waals surface area contributed by atoms with Crippen LogP contribution < -0.4 is 0 Å². The minimum absolute atomic E-state index is 0.000335. The smallest absolute Gasteiger partial charge is 0.313 e. The summed E-state index contributed by atoms with van der Waals surface area (Å²) in [6, 6.07) is 0. The third-order valence-corrected chi connectivity index (χ3v) is 5.75. The summed E-state index contributed by atoms with van der Waals surface area (Å²) in [6.07, 6.45) is 9.33. The second-order valence-electron chi connectivity index (χ2n) is 7.02. The Morgan fingerprint density at radius 2 is 1.36 bits per heavy atom. The highest BCUT2D eigenvalue weighted by atomic mass is 32.2. The zero-order valence-electron chi connectivity index (χ0n) is 16.8. The van der Waals surface area contributed by atoms with E-state index in [1.807, 2.05) is 4.90 Å². The molecule has 0 saturated carbocycles. The number of carboxylic acid groups (broad SMARTS) is 1. The lowest BCUT2D eigenvalue weighted by atomic mass is 9.95. The number of carbonyl (C=O) groups excluding carboxylic acids is 1. The molecule has 2 atom stereocenters. The van der Waals surface area contributed by atoms with Crippen molar-refractivity contribution in [2.45, 2.75) is 79.1 Å². The number of unbranched alkanes of at least 4 members (excludes halogenated alkanes) is 2. The maximum atomic E-state index is 12.7. The van der Waals surface area contributed by atoms with E-state index in [0.29, 0.717) is 11.8 Å². The number of hydrogen-bond acceptors (Lipinski definition) is 3. The fraction of sp³-hybridized carbons (Fsp3) is 0.900. The lowest BCUT2D eigenvalue weighted by Crippen LogP contribution is -2.40. The van der Waals surface area contributed by atoms with E-state index in [0.717, 1.165) is 25.9 Å². The van der Waals surface area contributed by atoms with Crippen LogP contribution in [0.2, 0.25) is 0 Å². The van der Waals surface area contributed by atoms with Gasteiger partial charge in [0.2, 0.25) is 5.91 Å². The van der Waals surface area contributed by atoms with Crippen molar-refractivity contribution in [3.8, 4) is 0 Å². The number of amides is 1. The molecule has 0 bridgehead atoms. The van der Waals surface area contributed by atoms with Gasteiger partial charge in [0.25, 0.3) is 0 Å². The average Bonchev–Trinajstić information content (AvgIpc) is 2.59. The van der Waals surface area contributed by atoms with Crippen molar-refractivity contribution in [3.63, 3.8) is 0 Å². The Morgan fingerprint density at radius 1 is 0.880 bits per heavy atom. The molecule has 0 rings (SSSR count). The highest BCUT2D eigenvalue weighted by Crippen LogP contribution is 2.20. The van der Waals surface area contributed by atoms with E-state index < -0.39 is 5.97 Å². The molecule has 0 aliphatic carbocycles. The second-order valence-corrected chi connectivity index (χ2v) is 8.00. The molecule has 1 amide bonds. The van der Waals surface area contributed by atoms with Gasteiger partial charge in [0.1, 0.15) is 0 Å². The first-order valence-corrected chi connectivity index (χ1v) is 11.2. The molecule has 0 fully saturated rings. The summed E-state index contributed by atoms with van der Waals surface area (Å²) in [5.41, 5.74) is 0. The maximum absolute atomic E-state index is 12.7. The largest absolute Gasteiger partial charge is 0.481 e. The Kier molecular flexibility index (Phi) is 15.1. The standard InChI is InChI=1S/C20H39NO3S/c1-5-9-11-17(7-3)13-21(14-18(8-4)12-10-6-2)19(22)15-25-16-20(23)24/h17-18H,5-16H2,1-4H3,(H,23,24). The second kappa shape index (κ2) is 15.5. The summed E-state index contributed by atoms with van der Waals surface area (Å²) in [6.45, 7) is 10.5. The first kappa shape index (κ1) is 24.3. The fourth-order valence-electron chi connectivity index (χ4n) is 3.05.